The van der Waals surface area contributed by atoms with Crippen LogP contribution in [0.5, 0.6) is 0 Å². The highest BCUT2D eigenvalue weighted by molar-refractivity contribution is 7.09. The Kier molecular flexibility index (Phi) is 4.96. The van der Waals surface area contributed by atoms with Crippen LogP contribution in [0.3, 0.4) is 0 Å². The molecule has 0 aliphatic carbocycles. The Labute approximate surface area is 124 Å². The van der Waals surface area contributed by atoms with Crippen molar-refractivity contribution >= 4 is 22.6 Å². The van der Waals surface area contributed by atoms with Crippen LogP contribution in [-0.2, 0) is 4.79 Å². The lowest BCUT2D eigenvalue weighted by Crippen LogP contribution is -2.42. The SMILES string of the molecule is CC(C)NC(=O)C1CCN(c2nc(C(C)C)ns2)CC1. The number of hydrogen-bond donors (Lipinski definition) is 1. The molecule has 5 nitrogen and oxygen atoms in total. The zero-order valence-corrected chi connectivity index (χ0v) is 13.5. The second-order valence-electron chi connectivity index (χ2n) is 6.01. The summed E-state index contributed by atoms with van der Waals surface area (Å²) in [5, 5.41) is 4.00. The van der Waals surface area contributed by atoms with Crippen molar-refractivity contribution in [3.63, 3.8) is 0 Å². The molecule has 1 aromatic heterocycles. The molecule has 0 unspecified atom stereocenters. The summed E-state index contributed by atoms with van der Waals surface area (Å²) in [4.78, 5) is 18.8. The first-order valence-electron chi connectivity index (χ1n) is 7.36. The van der Waals surface area contributed by atoms with Crippen LogP contribution in [0.15, 0.2) is 0 Å². The number of amides is 1. The number of piperidine rings is 1. The molecule has 1 fully saturated rings. The van der Waals surface area contributed by atoms with Crippen molar-refractivity contribution in [2.75, 3.05) is 18.0 Å². The Balaban J connectivity index is 1.88. The number of carbonyl (C=O) groups is 1. The molecule has 1 amide bonds. The molecule has 1 N–H and O–H groups in total. The third-order valence-electron chi connectivity index (χ3n) is 3.51. The molecule has 1 aliphatic heterocycles. The van der Waals surface area contributed by atoms with Gasteiger partial charge >= 0.3 is 0 Å². The number of carbonyl (C=O) groups excluding carboxylic acids is 1. The lowest BCUT2D eigenvalue weighted by Gasteiger charge is -2.31. The quantitative estimate of drug-likeness (QED) is 0.927. The second-order valence-corrected chi connectivity index (χ2v) is 6.74. The molecule has 0 atom stereocenters. The number of aromatic nitrogens is 2. The Morgan fingerprint density at radius 2 is 1.95 bits per heavy atom. The van der Waals surface area contributed by atoms with Crippen LogP contribution in [-0.4, -0.2) is 34.4 Å². The number of rotatable bonds is 4. The van der Waals surface area contributed by atoms with E-state index in [0.717, 1.165) is 36.9 Å². The minimum atomic E-state index is 0.145. The van der Waals surface area contributed by atoms with Crippen LogP contribution in [0.1, 0.15) is 52.3 Å². The molecular formula is C14H24N4OS. The van der Waals surface area contributed by atoms with Crippen LogP contribution < -0.4 is 10.2 Å². The summed E-state index contributed by atoms with van der Waals surface area (Å²) in [5.74, 6) is 1.63. The lowest BCUT2D eigenvalue weighted by molar-refractivity contribution is -0.126. The van der Waals surface area contributed by atoms with E-state index < -0.39 is 0 Å². The Morgan fingerprint density at radius 1 is 1.30 bits per heavy atom. The lowest BCUT2D eigenvalue weighted by atomic mass is 9.96. The smallest absolute Gasteiger partial charge is 0.223 e. The van der Waals surface area contributed by atoms with Gasteiger partial charge in [0.2, 0.25) is 11.0 Å². The highest BCUT2D eigenvalue weighted by atomic mass is 32.1. The van der Waals surface area contributed by atoms with Crippen molar-refractivity contribution in [3.05, 3.63) is 5.82 Å². The predicted molar refractivity (Wildman–Crippen MR) is 82.2 cm³/mol. The van der Waals surface area contributed by atoms with Gasteiger partial charge in [-0.05, 0) is 26.7 Å². The van der Waals surface area contributed by atoms with E-state index in [1.54, 1.807) is 0 Å². The first-order valence-corrected chi connectivity index (χ1v) is 8.13. The fraction of sp³-hybridized carbons (Fsp3) is 0.786. The van der Waals surface area contributed by atoms with E-state index in [1.807, 2.05) is 13.8 Å². The Hall–Kier alpha value is -1.17. The molecule has 1 saturated heterocycles. The third-order valence-corrected chi connectivity index (χ3v) is 4.31. The van der Waals surface area contributed by atoms with Gasteiger partial charge in [-0.2, -0.15) is 4.37 Å². The zero-order valence-electron chi connectivity index (χ0n) is 12.7. The molecule has 0 radical (unpaired) electrons. The average Bonchev–Trinajstić information content (AvgIpc) is 2.88. The maximum atomic E-state index is 12.0. The highest BCUT2D eigenvalue weighted by Gasteiger charge is 2.26. The Bertz CT molecular complexity index is 450. The van der Waals surface area contributed by atoms with Gasteiger partial charge in [0.25, 0.3) is 0 Å². The van der Waals surface area contributed by atoms with E-state index in [0.29, 0.717) is 5.92 Å². The minimum absolute atomic E-state index is 0.145. The summed E-state index contributed by atoms with van der Waals surface area (Å²) in [5.41, 5.74) is 0. The fourth-order valence-corrected chi connectivity index (χ4v) is 3.18. The van der Waals surface area contributed by atoms with Crippen LogP contribution in [0.4, 0.5) is 5.13 Å². The van der Waals surface area contributed by atoms with Crippen molar-refractivity contribution in [1.82, 2.24) is 14.7 Å². The van der Waals surface area contributed by atoms with Gasteiger partial charge < -0.3 is 10.2 Å². The molecule has 0 spiro atoms. The molecule has 112 valence electrons. The van der Waals surface area contributed by atoms with Gasteiger partial charge in [0, 0.05) is 42.5 Å². The van der Waals surface area contributed by atoms with Crippen LogP contribution >= 0.6 is 11.5 Å². The van der Waals surface area contributed by atoms with Crippen LogP contribution in [0, 0.1) is 5.92 Å². The van der Waals surface area contributed by atoms with E-state index in [9.17, 15) is 4.79 Å². The van der Waals surface area contributed by atoms with Crippen LogP contribution in [0.2, 0.25) is 0 Å². The average molecular weight is 296 g/mol. The van der Waals surface area contributed by atoms with E-state index >= 15 is 0 Å². The highest BCUT2D eigenvalue weighted by Crippen LogP contribution is 2.26. The first-order chi connectivity index (χ1) is 9.47. The predicted octanol–water partition coefficient (Wildman–Crippen LogP) is 2.40. The number of hydrogen-bond acceptors (Lipinski definition) is 5. The van der Waals surface area contributed by atoms with E-state index in [4.69, 9.17) is 0 Å². The summed E-state index contributed by atoms with van der Waals surface area (Å²) in [6.07, 6.45) is 1.80. The van der Waals surface area contributed by atoms with Crippen molar-refractivity contribution in [3.8, 4) is 0 Å². The summed E-state index contributed by atoms with van der Waals surface area (Å²) < 4.78 is 4.39. The monoisotopic (exact) mass is 296 g/mol. The Morgan fingerprint density at radius 3 is 2.45 bits per heavy atom. The molecule has 2 rings (SSSR count). The number of anilines is 1. The van der Waals surface area contributed by atoms with Gasteiger partial charge in [0.1, 0.15) is 5.82 Å². The molecule has 1 aromatic rings. The standard InChI is InChI=1S/C14H24N4OS/c1-9(2)12-16-14(20-17-12)18-7-5-11(6-8-18)13(19)15-10(3)4/h9-11H,5-8H2,1-4H3,(H,15,19). The summed E-state index contributed by atoms with van der Waals surface area (Å²) >= 11 is 1.47. The zero-order chi connectivity index (χ0) is 14.7. The molecule has 20 heavy (non-hydrogen) atoms. The first kappa shape index (κ1) is 15.2. The molecule has 0 bridgehead atoms. The maximum Gasteiger partial charge on any atom is 0.223 e. The summed E-state index contributed by atoms with van der Waals surface area (Å²) in [6, 6.07) is 0.220. The number of nitrogens with one attached hydrogen (secondary N) is 1. The fourth-order valence-electron chi connectivity index (χ4n) is 2.32. The maximum absolute atomic E-state index is 12.0. The molecule has 6 heteroatoms. The largest absolute Gasteiger partial charge is 0.354 e. The van der Waals surface area contributed by atoms with Gasteiger partial charge in [0.05, 0.1) is 0 Å². The second kappa shape index (κ2) is 6.52. The van der Waals surface area contributed by atoms with Gasteiger partial charge in [-0.1, -0.05) is 13.8 Å². The molecule has 0 aromatic carbocycles. The van der Waals surface area contributed by atoms with Crippen molar-refractivity contribution in [2.45, 2.75) is 52.5 Å². The van der Waals surface area contributed by atoms with E-state index in [1.165, 1.54) is 11.5 Å². The molecular weight excluding hydrogens is 272 g/mol. The van der Waals surface area contributed by atoms with E-state index in [2.05, 4.69) is 33.4 Å². The van der Waals surface area contributed by atoms with Gasteiger partial charge in [-0.3, -0.25) is 4.79 Å². The van der Waals surface area contributed by atoms with Gasteiger partial charge in [0.15, 0.2) is 0 Å². The van der Waals surface area contributed by atoms with Gasteiger partial charge in [-0.25, -0.2) is 4.98 Å². The van der Waals surface area contributed by atoms with Crippen molar-refractivity contribution < 1.29 is 4.79 Å². The minimum Gasteiger partial charge on any atom is -0.354 e. The molecule has 0 saturated carbocycles. The normalized spacial score (nSPS) is 17.0. The molecule has 1 aliphatic rings. The molecule has 2 heterocycles. The third kappa shape index (κ3) is 3.69. The topological polar surface area (TPSA) is 58.1 Å². The number of nitrogens with zero attached hydrogens (tertiary/aromatic N) is 3. The summed E-state index contributed by atoms with van der Waals surface area (Å²) in [7, 11) is 0. The van der Waals surface area contributed by atoms with Gasteiger partial charge in [-0.15, -0.1) is 0 Å². The summed E-state index contributed by atoms with van der Waals surface area (Å²) in [6.45, 7) is 10.00. The van der Waals surface area contributed by atoms with Crippen molar-refractivity contribution in [2.24, 2.45) is 5.92 Å². The van der Waals surface area contributed by atoms with Crippen LogP contribution in [0.25, 0.3) is 0 Å². The van der Waals surface area contributed by atoms with E-state index in [-0.39, 0.29) is 17.9 Å². The van der Waals surface area contributed by atoms with Crippen molar-refractivity contribution in [1.29, 1.82) is 0 Å².